The number of nitrogens with zero attached hydrogens (tertiary/aromatic N) is 3. The van der Waals surface area contributed by atoms with E-state index in [2.05, 4.69) is 21.9 Å². The van der Waals surface area contributed by atoms with Gasteiger partial charge in [0.15, 0.2) is 11.5 Å². The molecule has 43 heavy (non-hydrogen) atoms. The lowest BCUT2D eigenvalue weighted by molar-refractivity contribution is -0.127. The van der Waals surface area contributed by atoms with Crippen LogP contribution >= 0.6 is 0 Å². The lowest BCUT2D eigenvalue weighted by Gasteiger charge is -2.31. The van der Waals surface area contributed by atoms with Gasteiger partial charge in [-0.05, 0) is 62.7 Å². The zero-order valence-corrected chi connectivity index (χ0v) is 24.7. The van der Waals surface area contributed by atoms with E-state index in [-0.39, 0.29) is 17.8 Å². The molecule has 0 radical (unpaired) electrons. The van der Waals surface area contributed by atoms with E-state index in [9.17, 15) is 14.3 Å². The van der Waals surface area contributed by atoms with Gasteiger partial charge in [-0.2, -0.15) is 0 Å². The topological polar surface area (TPSA) is 106 Å². The summed E-state index contributed by atoms with van der Waals surface area (Å²) in [5, 5.41) is 15.1. The SMILES string of the molecule is C=CC(=O)N1CCC(Oc2cc3c(Nc4ccc(Oc5ccc(C)c(F)c5)cc4C(C)(C)O)ncnc3cc2OC)CC1. The van der Waals surface area contributed by atoms with Crippen LogP contribution in [0.5, 0.6) is 23.0 Å². The normalized spacial score (nSPS) is 14.0. The lowest BCUT2D eigenvalue weighted by Crippen LogP contribution is -2.41. The Kier molecular flexibility index (Phi) is 8.50. The van der Waals surface area contributed by atoms with Crippen molar-refractivity contribution < 1.29 is 28.5 Å². The number of ether oxygens (including phenoxy) is 3. The number of amides is 1. The molecule has 0 unspecified atom stereocenters. The summed E-state index contributed by atoms with van der Waals surface area (Å²) in [4.78, 5) is 22.6. The molecule has 1 amide bonds. The van der Waals surface area contributed by atoms with Crippen LogP contribution in [0, 0.1) is 12.7 Å². The van der Waals surface area contributed by atoms with Gasteiger partial charge >= 0.3 is 0 Å². The van der Waals surface area contributed by atoms with Crippen molar-refractivity contribution in [3.63, 3.8) is 0 Å². The van der Waals surface area contributed by atoms with E-state index >= 15 is 0 Å². The van der Waals surface area contributed by atoms with Gasteiger partial charge < -0.3 is 29.5 Å². The van der Waals surface area contributed by atoms with Gasteiger partial charge in [0.2, 0.25) is 5.91 Å². The highest BCUT2D eigenvalue weighted by atomic mass is 19.1. The fourth-order valence-electron chi connectivity index (χ4n) is 5.02. The molecule has 0 bridgehead atoms. The minimum absolute atomic E-state index is 0.0799. The Morgan fingerprint density at radius 3 is 2.49 bits per heavy atom. The molecular formula is C33H35FN4O5. The summed E-state index contributed by atoms with van der Waals surface area (Å²) in [7, 11) is 1.57. The van der Waals surface area contributed by atoms with Crippen molar-refractivity contribution >= 4 is 28.3 Å². The van der Waals surface area contributed by atoms with Crippen LogP contribution in [0.4, 0.5) is 15.9 Å². The fourth-order valence-corrected chi connectivity index (χ4v) is 5.02. The average Bonchev–Trinajstić information content (AvgIpc) is 2.99. The zero-order valence-electron chi connectivity index (χ0n) is 24.7. The second kappa shape index (κ2) is 12.3. The smallest absolute Gasteiger partial charge is 0.245 e. The molecule has 0 saturated carbocycles. The van der Waals surface area contributed by atoms with E-state index in [1.54, 1.807) is 69.2 Å². The number of fused-ring (bicyclic) bond motifs is 1. The van der Waals surface area contributed by atoms with Crippen LogP contribution in [0.25, 0.3) is 10.9 Å². The van der Waals surface area contributed by atoms with Gasteiger partial charge in [0.05, 0.1) is 18.2 Å². The predicted octanol–water partition coefficient (Wildman–Crippen LogP) is 6.41. The van der Waals surface area contributed by atoms with Gasteiger partial charge in [-0.3, -0.25) is 4.79 Å². The van der Waals surface area contributed by atoms with Crippen LogP contribution in [-0.4, -0.2) is 52.2 Å². The number of carbonyl (C=O) groups excluding carboxylic acids is 1. The number of aromatic nitrogens is 2. The third kappa shape index (κ3) is 6.70. The minimum Gasteiger partial charge on any atom is -0.493 e. The third-order valence-corrected chi connectivity index (χ3v) is 7.42. The number of hydrogen-bond acceptors (Lipinski definition) is 8. The van der Waals surface area contributed by atoms with Gasteiger partial charge in [0, 0.05) is 54.7 Å². The summed E-state index contributed by atoms with van der Waals surface area (Å²) in [5.41, 5.74) is 1.07. The third-order valence-electron chi connectivity index (χ3n) is 7.42. The molecule has 1 saturated heterocycles. The number of likely N-dealkylation sites (tertiary alicyclic amines) is 1. The Bertz CT molecular complexity index is 1660. The number of carbonyl (C=O) groups is 1. The number of hydrogen-bond donors (Lipinski definition) is 2. The molecule has 0 aliphatic carbocycles. The van der Waals surface area contributed by atoms with E-state index in [1.165, 1.54) is 18.5 Å². The Balaban J connectivity index is 1.43. The van der Waals surface area contributed by atoms with Crippen molar-refractivity contribution in [1.82, 2.24) is 14.9 Å². The van der Waals surface area contributed by atoms with Crippen molar-refractivity contribution in [2.45, 2.75) is 45.3 Å². The van der Waals surface area contributed by atoms with Gasteiger partial charge in [-0.1, -0.05) is 12.6 Å². The molecule has 5 rings (SSSR count). The highest BCUT2D eigenvalue weighted by Crippen LogP contribution is 2.39. The number of aryl methyl sites for hydroxylation is 1. The highest BCUT2D eigenvalue weighted by molar-refractivity contribution is 5.93. The lowest BCUT2D eigenvalue weighted by atomic mass is 9.96. The van der Waals surface area contributed by atoms with E-state index in [0.717, 1.165) is 0 Å². The number of rotatable bonds is 9. The molecule has 10 heteroatoms. The number of anilines is 2. The first-order chi connectivity index (χ1) is 20.5. The number of piperidine rings is 1. The maximum atomic E-state index is 14.1. The first-order valence-corrected chi connectivity index (χ1v) is 14.0. The van der Waals surface area contributed by atoms with Crippen molar-refractivity contribution in [2.24, 2.45) is 0 Å². The molecule has 1 aliphatic rings. The zero-order chi connectivity index (χ0) is 30.7. The molecule has 2 N–H and O–H groups in total. The van der Waals surface area contributed by atoms with E-state index in [0.29, 0.717) is 82.5 Å². The molecule has 0 spiro atoms. The summed E-state index contributed by atoms with van der Waals surface area (Å²) >= 11 is 0. The standard InChI is InChI=1S/C33H35FN4O5/c1-6-31(39)38-13-11-21(12-14-38)43-30-17-24-28(18-29(30)41-5)35-19-36-32(24)37-27-10-9-22(15-25(27)33(3,4)40)42-23-8-7-20(2)26(34)16-23/h6-10,15-19,21,40H,1,11-14H2,2-5H3,(H,35,36,37). The van der Waals surface area contributed by atoms with E-state index in [4.69, 9.17) is 14.2 Å². The Hall–Kier alpha value is -4.70. The number of benzene rings is 3. The van der Waals surface area contributed by atoms with E-state index in [1.807, 2.05) is 6.07 Å². The molecule has 4 aromatic rings. The van der Waals surface area contributed by atoms with Gasteiger partial charge in [0.1, 0.15) is 35.6 Å². The summed E-state index contributed by atoms with van der Waals surface area (Å²) in [6.07, 6.45) is 4.03. The molecule has 1 aromatic heterocycles. The van der Waals surface area contributed by atoms with Crippen LogP contribution in [0.2, 0.25) is 0 Å². The van der Waals surface area contributed by atoms with Crippen LogP contribution in [0.15, 0.2) is 67.5 Å². The van der Waals surface area contributed by atoms with Crippen molar-refractivity contribution in [2.75, 3.05) is 25.5 Å². The summed E-state index contributed by atoms with van der Waals surface area (Å²) < 4.78 is 32.0. The first kappa shape index (κ1) is 29.8. The second-order valence-corrected chi connectivity index (χ2v) is 11.0. The van der Waals surface area contributed by atoms with Crippen molar-refractivity contribution in [3.8, 4) is 23.0 Å². The molecule has 1 aliphatic heterocycles. The Labute approximate surface area is 249 Å². The average molecular weight is 587 g/mol. The van der Waals surface area contributed by atoms with Crippen molar-refractivity contribution in [1.29, 1.82) is 0 Å². The number of methoxy groups -OCH3 is 1. The molecule has 0 atom stereocenters. The first-order valence-electron chi connectivity index (χ1n) is 14.0. The molecular weight excluding hydrogens is 551 g/mol. The van der Waals surface area contributed by atoms with E-state index < -0.39 is 5.60 Å². The van der Waals surface area contributed by atoms with Gasteiger partial charge in [-0.15, -0.1) is 0 Å². The number of nitrogens with one attached hydrogen (secondary N) is 1. The molecule has 224 valence electrons. The highest BCUT2D eigenvalue weighted by Gasteiger charge is 2.25. The summed E-state index contributed by atoms with van der Waals surface area (Å²) in [6, 6.07) is 13.5. The molecule has 1 fully saturated rings. The maximum absolute atomic E-state index is 14.1. The number of halogens is 1. The van der Waals surface area contributed by atoms with Gasteiger partial charge in [-0.25, -0.2) is 14.4 Å². The minimum atomic E-state index is -1.25. The van der Waals surface area contributed by atoms with Gasteiger partial charge in [0.25, 0.3) is 0 Å². The predicted molar refractivity (Wildman–Crippen MR) is 163 cm³/mol. The Morgan fingerprint density at radius 2 is 1.81 bits per heavy atom. The van der Waals surface area contributed by atoms with Crippen molar-refractivity contribution in [3.05, 3.63) is 84.5 Å². The summed E-state index contributed by atoms with van der Waals surface area (Å²) in [6.45, 7) is 9.76. The van der Waals surface area contributed by atoms with Crippen LogP contribution in [0.1, 0.15) is 37.8 Å². The number of aliphatic hydroxyl groups is 1. The fraction of sp³-hybridized carbons (Fsp3) is 0.303. The summed E-state index contributed by atoms with van der Waals surface area (Å²) in [5.74, 6) is 1.94. The molecule has 3 aromatic carbocycles. The van der Waals surface area contributed by atoms with Crippen LogP contribution in [0.3, 0.4) is 0 Å². The largest absolute Gasteiger partial charge is 0.493 e. The molecule has 9 nitrogen and oxygen atoms in total. The Morgan fingerprint density at radius 1 is 1.09 bits per heavy atom. The molecule has 2 heterocycles. The van der Waals surface area contributed by atoms with Crippen LogP contribution in [-0.2, 0) is 10.4 Å². The van der Waals surface area contributed by atoms with Crippen LogP contribution < -0.4 is 19.5 Å². The monoisotopic (exact) mass is 586 g/mol. The second-order valence-electron chi connectivity index (χ2n) is 11.0. The maximum Gasteiger partial charge on any atom is 0.245 e. The quantitative estimate of drug-likeness (QED) is 0.217.